The van der Waals surface area contributed by atoms with Crippen molar-refractivity contribution in [3.05, 3.63) is 53.6 Å². The van der Waals surface area contributed by atoms with Gasteiger partial charge < -0.3 is 24.8 Å². The topological polar surface area (TPSA) is 136 Å². The summed E-state index contributed by atoms with van der Waals surface area (Å²) in [7, 11) is -4.54. The van der Waals surface area contributed by atoms with Gasteiger partial charge in [-0.2, -0.15) is 8.42 Å². The summed E-state index contributed by atoms with van der Waals surface area (Å²) in [5, 5.41) is 32.2. The molecular formula is C17H21NO7S. The van der Waals surface area contributed by atoms with Gasteiger partial charge in [-0.15, -0.1) is 0 Å². The Balaban J connectivity index is 1.87. The molecule has 9 heteroatoms. The third-order valence-electron chi connectivity index (χ3n) is 3.64. The van der Waals surface area contributed by atoms with Crippen LogP contribution in [0.3, 0.4) is 0 Å². The minimum absolute atomic E-state index is 0.0102. The predicted octanol–water partition coefficient (Wildman–Crippen LogP) is 1.53. The highest BCUT2D eigenvalue weighted by atomic mass is 32.3. The maximum absolute atomic E-state index is 10.6. The van der Waals surface area contributed by atoms with Crippen LogP contribution in [-0.4, -0.2) is 40.9 Å². The number of hydrogen-bond acceptors (Lipinski definition) is 7. The van der Waals surface area contributed by atoms with Crippen LogP contribution >= 0.6 is 0 Å². The smallest absolute Gasteiger partial charge is 0.446 e. The van der Waals surface area contributed by atoms with Gasteiger partial charge in [0.1, 0.15) is 17.2 Å². The van der Waals surface area contributed by atoms with Crippen LogP contribution in [0.2, 0.25) is 0 Å². The SMILES string of the molecule is C[C@@H](Cc1ccc(OS(=O)(=O)O)cc1)NC[C@@H](O)c1cc(O)cc(O)c1. The summed E-state index contributed by atoms with van der Waals surface area (Å²) in [5.41, 5.74) is 1.30. The van der Waals surface area contributed by atoms with Gasteiger partial charge in [0.05, 0.1) is 6.10 Å². The summed E-state index contributed by atoms with van der Waals surface area (Å²) >= 11 is 0. The molecule has 0 fully saturated rings. The fourth-order valence-electron chi connectivity index (χ4n) is 2.47. The molecule has 0 aliphatic heterocycles. The van der Waals surface area contributed by atoms with Gasteiger partial charge in [-0.3, -0.25) is 4.55 Å². The van der Waals surface area contributed by atoms with Gasteiger partial charge in [-0.25, -0.2) is 0 Å². The molecule has 2 atom stereocenters. The maximum atomic E-state index is 10.6. The van der Waals surface area contributed by atoms with Crippen molar-refractivity contribution in [1.82, 2.24) is 5.32 Å². The largest absolute Gasteiger partial charge is 0.508 e. The van der Waals surface area contributed by atoms with Crippen LogP contribution in [0.4, 0.5) is 0 Å². The molecule has 0 amide bonds. The zero-order valence-corrected chi connectivity index (χ0v) is 14.8. The Morgan fingerprint density at radius 3 is 2.19 bits per heavy atom. The first-order valence-corrected chi connectivity index (χ1v) is 9.19. The molecule has 2 aromatic rings. The third kappa shape index (κ3) is 6.52. The van der Waals surface area contributed by atoms with Crippen LogP contribution in [0.1, 0.15) is 24.2 Å². The van der Waals surface area contributed by atoms with Crippen LogP contribution in [0.25, 0.3) is 0 Å². The van der Waals surface area contributed by atoms with E-state index in [-0.39, 0.29) is 29.8 Å². The van der Waals surface area contributed by atoms with Gasteiger partial charge in [0.25, 0.3) is 0 Å². The quantitative estimate of drug-likeness (QED) is 0.433. The summed E-state index contributed by atoms with van der Waals surface area (Å²) < 4.78 is 34.2. The van der Waals surface area contributed by atoms with Crippen LogP contribution in [0, 0.1) is 0 Å². The number of nitrogens with one attached hydrogen (secondary N) is 1. The molecule has 2 aromatic carbocycles. The second-order valence-corrected chi connectivity index (χ2v) is 6.99. The second kappa shape index (κ2) is 8.37. The van der Waals surface area contributed by atoms with Gasteiger partial charge in [-0.05, 0) is 48.7 Å². The Labute approximate surface area is 151 Å². The molecule has 0 unspecified atom stereocenters. The van der Waals surface area contributed by atoms with Gasteiger partial charge in [0.2, 0.25) is 0 Å². The average Bonchev–Trinajstić information content (AvgIpc) is 2.52. The number of hydrogen-bond donors (Lipinski definition) is 5. The fraction of sp³-hybridized carbons (Fsp3) is 0.294. The van der Waals surface area contributed by atoms with Crippen molar-refractivity contribution in [2.75, 3.05) is 6.54 Å². The van der Waals surface area contributed by atoms with Crippen molar-refractivity contribution in [2.24, 2.45) is 0 Å². The number of aliphatic hydroxyl groups is 1. The molecule has 0 aromatic heterocycles. The molecule has 0 bridgehead atoms. The summed E-state index contributed by atoms with van der Waals surface area (Å²) in [6.45, 7) is 2.13. The van der Waals surface area contributed by atoms with Gasteiger partial charge in [-0.1, -0.05) is 12.1 Å². The lowest BCUT2D eigenvalue weighted by atomic mass is 10.1. The van der Waals surface area contributed by atoms with E-state index in [9.17, 15) is 23.7 Å². The third-order valence-corrected chi connectivity index (χ3v) is 4.04. The number of phenolic OH excluding ortho intramolecular Hbond substituents is 2. The zero-order chi connectivity index (χ0) is 19.3. The molecule has 5 N–H and O–H groups in total. The maximum Gasteiger partial charge on any atom is 0.446 e. The lowest BCUT2D eigenvalue weighted by molar-refractivity contribution is 0.170. The highest BCUT2D eigenvalue weighted by Gasteiger charge is 2.12. The van der Waals surface area contributed by atoms with E-state index in [1.807, 2.05) is 6.92 Å². The van der Waals surface area contributed by atoms with Crippen LogP contribution in [-0.2, 0) is 16.8 Å². The second-order valence-electron chi connectivity index (χ2n) is 5.97. The van der Waals surface area contributed by atoms with Crippen molar-refractivity contribution in [3.8, 4) is 17.2 Å². The highest BCUT2D eigenvalue weighted by Crippen LogP contribution is 2.24. The Morgan fingerprint density at radius 2 is 1.65 bits per heavy atom. The van der Waals surface area contributed by atoms with E-state index in [0.29, 0.717) is 12.0 Å². The zero-order valence-electron chi connectivity index (χ0n) is 14.0. The summed E-state index contributed by atoms with van der Waals surface area (Å²) in [6, 6.07) is 10.1. The number of benzene rings is 2. The highest BCUT2D eigenvalue weighted by molar-refractivity contribution is 7.81. The van der Waals surface area contributed by atoms with Crippen LogP contribution < -0.4 is 9.50 Å². The summed E-state index contributed by atoms with van der Waals surface area (Å²) in [6.07, 6.45) is -0.301. The van der Waals surface area contributed by atoms with Gasteiger partial charge >= 0.3 is 10.4 Å². The molecule has 0 spiro atoms. The average molecular weight is 383 g/mol. The monoisotopic (exact) mass is 383 g/mol. The van der Waals surface area contributed by atoms with Crippen molar-refractivity contribution in [1.29, 1.82) is 0 Å². The van der Waals surface area contributed by atoms with E-state index in [2.05, 4.69) is 9.50 Å². The lowest BCUT2D eigenvalue weighted by Gasteiger charge is -2.18. The Hall–Kier alpha value is -2.33. The van der Waals surface area contributed by atoms with Crippen LogP contribution in [0.5, 0.6) is 17.2 Å². The van der Waals surface area contributed by atoms with Crippen molar-refractivity contribution in [2.45, 2.75) is 25.5 Å². The van der Waals surface area contributed by atoms with E-state index in [1.165, 1.54) is 30.3 Å². The van der Waals surface area contributed by atoms with E-state index in [1.54, 1.807) is 12.1 Å². The number of rotatable bonds is 8. The standard InChI is InChI=1S/C17H21NO7S/c1-11(6-12-2-4-16(5-3-12)25-26(22,23)24)18-10-17(21)13-7-14(19)9-15(20)8-13/h2-5,7-9,11,17-21H,6,10H2,1H3,(H,22,23,24)/t11-,17+/m0/s1. The molecule has 8 nitrogen and oxygen atoms in total. The summed E-state index contributed by atoms with van der Waals surface area (Å²) in [4.78, 5) is 0. The minimum Gasteiger partial charge on any atom is -0.508 e. The molecule has 0 radical (unpaired) electrons. The first-order chi connectivity index (χ1) is 12.1. The van der Waals surface area contributed by atoms with Crippen LogP contribution in [0.15, 0.2) is 42.5 Å². The van der Waals surface area contributed by atoms with Crippen molar-refractivity contribution < 1.29 is 32.5 Å². The van der Waals surface area contributed by atoms with Gasteiger partial charge in [0, 0.05) is 18.7 Å². The molecule has 0 saturated carbocycles. The van der Waals surface area contributed by atoms with Crippen molar-refractivity contribution >= 4 is 10.4 Å². The van der Waals surface area contributed by atoms with Gasteiger partial charge in [0.15, 0.2) is 0 Å². The van der Waals surface area contributed by atoms with E-state index in [0.717, 1.165) is 5.56 Å². The Bertz CT molecular complexity index is 816. The molecule has 0 aliphatic rings. The number of aliphatic hydroxyl groups excluding tert-OH is 1. The first-order valence-electron chi connectivity index (χ1n) is 7.82. The fourth-order valence-corrected chi connectivity index (χ4v) is 2.82. The normalized spacial score (nSPS) is 14.0. The summed E-state index contributed by atoms with van der Waals surface area (Å²) in [5.74, 6) is -0.241. The molecule has 142 valence electrons. The van der Waals surface area contributed by atoms with E-state index < -0.39 is 16.5 Å². The van der Waals surface area contributed by atoms with Crippen molar-refractivity contribution in [3.63, 3.8) is 0 Å². The Kier molecular flexibility index (Phi) is 6.43. The molecule has 26 heavy (non-hydrogen) atoms. The Morgan fingerprint density at radius 1 is 1.08 bits per heavy atom. The van der Waals surface area contributed by atoms with E-state index >= 15 is 0 Å². The minimum atomic E-state index is -4.54. The van der Waals surface area contributed by atoms with E-state index in [4.69, 9.17) is 4.55 Å². The molecule has 0 saturated heterocycles. The molecule has 2 rings (SSSR count). The molecular weight excluding hydrogens is 362 g/mol. The predicted molar refractivity (Wildman–Crippen MR) is 94.5 cm³/mol. The first kappa shape index (κ1) is 20.0. The molecule has 0 heterocycles. The molecule has 0 aliphatic carbocycles. The lowest BCUT2D eigenvalue weighted by Crippen LogP contribution is -2.32. The number of aromatic hydroxyl groups is 2. The number of phenols is 2.